The molecule has 5 heteroatoms. The van der Waals surface area contributed by atoms with Crippen LogP contribution in [0.25, 0.3) is 0 Å². The molecule has 3 atom stereocenters. The number of amides is 1. The zero-order valence-electron chi connectivity index (χ0n) is 12.7. The van der Waals surface area contributed by atoms with Gasteiger partial charge in [-0.05, 0) is 30.0 Å². The first-order valence-corrected chi connectivity index (χ1v) is 7.39. The van der Waals surface area contributed by atoms with Crippen LogP contribution >= 0.6 is 0 Å². The molecule has 5 nitrogen and oxygen atoms in total. The van der Waals surface area contributed by atoms with Crippen LogP contribution in [0.4, 0.5) is 0 Å². The molecule has 1 aromatic carbocycles. The van der Waals surface area contributed by atoms with Crippen molar-refractivity contribution in [3.63, 3.8) is 0 Å². The van der Waals surface area contributed by atoms with E-state index in [0.717, 1.165) is 17.1 Å². The summed E-state index contributed by atoms with van der Waals surface area (Å²) in [5.74, 6) is 1.75. The van der Waals surface area contributed by atoms with Crippen molar-refractivity contribution < 1.29 is 14.3 Å². The fourth-order valence-corrected chi connectivity index (χ4v) is 2.50. The van der Waals surface area contributed by atoms with Crippen molar-refractivity contribution in [3.8, 4) is 11.5 Å². The minimum atomic E-state index is -0.289. The van der Waals surface area contributed by atoms with Gasteiger partial charge in [-0.25, -0.2) is 0 Å². The third-order valence-electron chi connectivity index (χ3n) is 3.65. The fraction of sp³-hybridized carbons (Fsp3) is 0.562. The number of hydrogen-bond donors (Lipinski definition) is 2. The SMILES string of the molecule is CC1COc2ccc(C(N)CC(C)CC(N)=O)cc2OC1. The summed E-state index contributed by atoms with van der Waals surface area (Å²) >= 11 is 0. The maximum absolute atomic E-state index is 10.9. The molecular weight excluding hydrogens is 268 g/mol. The Balaban J connectivity index is 2.05. The van der Waals surface area contributed by atoms with Crippen molar-refractivity contribution in [1.29, 1.82) is 0 Å². The monoisotopic (exact) mass is 292 g/mol. The summed E-state index contributed by atoms with van der Waals surface area (Å²) in [6, 6.07) is 5.66. The summed E-state index contributed by atoms with van der Waals surface area (Å²) in [4.78, 5) is 10.9. The summed E-state index contributed by atoms with van der Waals surface area (Å²) in [5, 5.41) is 0. The Morgan fingerprint density at radius 2 is 2.00 bits per heavy atom. The average molecular weight is 292 g/mol. The predicted octanol–water partition coefficient (Wildman–Crippen LogP) is 2.00. The van der Waals surface area contributed by atoms with E-state index in [1.165, 1.54) is 0 Å². The summed E-state index contributed by atoms with van der Waals surface area (Å²) in [5.41, 5.74) is 12.4. The van der Waals surface area contributed by atoms with Gasteiger partial charge in [0.1, 0.15) is 0 Å². The van der Waals surface area contributed by atoms with Gasteiger partial charge in [0.2, 0.25) is 5.91 Å². The molecule has 1 heterocycles. The van der Waals surface area contributed by atoms with Gasteiger partial charge >= 0.3 is 0 Å². The molecule has 0 spiro atoms. The van der Waals surface area contributed by atoms with E-state index in [9.17, 15) is 4.79 Å². The van der Waals surface area contributed by atoms with Crippen molar-refractivity contribution in [2.24, 2.45) is 23.3 Å². The number of rotatable bonds is 5. The molecule has 116 valence electrons. The Morgan fingerprint density at radius 3 is 2.67 bits per heavy atom. The van der Waals surface area contributed by atoms with E-state index in [-0.39, 0.29) is 17.9 Å². The molecule has 2 rings (SSSR count). The van der Waals surface area contributed by atoms with Gasteiger partial charge in [-0.3, -0.25) is 4.79 Å². The molecule has 4 N–H and O–H groups in total. The van der Waals surface area contributed by atoms with Gasteiger partial charge in [-0.2, -0.15) is 0 Å². The number of nitrogens with two attached hydrogens (primary N) is 2. The number of benzene rings is 1. The highest BCUT2D eigenvalue weighted by Gasteiger charge is 2.18. The second-order valence-electron chi connectivity index (χ2n) is 6.05. The first kappa shape index (κ1) is 15.6. The number of hydrogen-bond acceptors (Lipinski definition) is 4. The number of fused-ring (bicyclic) bond motifs is 1. The van der Waals surface area contributed by atoms with Crippen LogP contribution in [-0.4, -0.2) is 19.1 Å². The molecule has 0 radical (unpaired) electrons. The third-order valence-corrected chi connectivity index (χ3v) is 3.65. The quantitative estimate of drug-likeness (QED) is 0.868. The Kier molecular flexibility index (Phi) is 5.07. The van der Waals surface area contributed by atoms with Gasteiger partial charge in [-0.1, -0.05) is 19.9 Å². The normalized spacial score (nSPS) is 20.4. The van der Waals surface area contributed by atoms with Crippen LogP contribution in [0.2, 0.25) is 0 Å². The molecule has 1 aromatic rings. The van der Waals surface area contributed by atoms with Crippen LogP contribution in [0.3, 0.4) is 0 Å². The van der Waals surface area contributed by atoms with Crippen molar-refractivity contribution in [3.05, 3.63) is 23.8 Å². The molecule has 0 aromatic heterocycles. The number of carbonyl (C=O) groups is 1. The lowest BCUT2D eigenvalue weighted by molar-refractivity contribution is -0.118. The highest BCUT2D eigenvalue weighted by atomic mass is 16.5. The summed E-state index contributed by atoms with van der Waals surface area (Å²) in [7, 11) is 0. The molecule has 1 amide bonds. The van der Waals surface area contributed by atoms with Crippen LogP contribution < -0.4 is 20.9 Å². The van der Waals surface area contributed by atoms with Gasteiger partial charge in [0.05, 0.1) is 13.2 Å². The predicted molar refractivity (Wildman–Crippen MR) is 81.1 cm³/mol. The number of ether oxygens (including phenoxy) is 2. The van der Waals surface area contributed by atoms with Gasteiger partial charge < -0.3 is 20.9 Å². The Morgan fingerprint density at radius 1 is 1.33 bits per heavy atom. The van der Waals surface area contributed by atoms with Crippen LogP contribution in [0.15, 0.2) is 18.2 Å². The topological polar surface area (TPSA) is 87.6 Å². The van der Waals surface area contributed by atoms with Gasteiger partial charge in [-0.15, -0.1) is 0 Å². The molecular formula is C16H24N2O3. The Hall–Kier alpha value is -1.75. The maximum atomic E-state index is 10.9. The number of carbonyl (C=O) groups excluding carboxylic acids is 1. The Bertz CT molecular complexity index is 504. The molecule has 1 aliphatic rings. The van der Waals surface area contributed by atoms with Crippen molar-refractivity contribution >= 4 is 5.91 Å². The first-order chi connectivity index (χ1) is 9.95. The van der Waals surface area contributed by atoms with Crippen molar-refractivity contribution in [1.82, 2.24) is 0 Å². The van der Waals surface area contributed by atoms with E-state index in [1.54, 1.807) is 0 Å². The standard InChI is InChI=1S/C16H24N2O3/c1-10(6-16(18)19)5-13(17)12-3-4-14-15(7-12)21-9-11(2)8-20-14/h3-4,7,10-11,13H,5-6,8-9,17H2,1-2H3,(H2,18,19). The summed E-state index contributed by atoms with van der Waals surface area (Å²) in [6.45, 7) is 5.37. The zero-order valence-corrected chi connectivity index (χ0v) is 12.7. The largest absolute Gasteiger partial charge is 0.489 e. The minimum Gasteiger partial charge on any atom is -0.489 e. The zero-order chi connectivity index (χ0) is 15.4. The lowest BCUT2D eigenvalue weighted by Gasteiger charge is -2.18. The molecule has 21 heavy (non-hydrogen) atoms. The molecule has 0 bridgehead atoms. The molecule has 0 fully saturated rings. The van der Waals surface area contributed by atoms with E-state index in [2.05, 4.69) is 6.92 Å². The highest BCUT2D eigenvalue weighted by Crippen LogP contribution is 2.34. The Labute approximate surface area is 125 Å². The average Bonchev–Trinajstić information content (AvgIpc) is 2.59. The maximum Gasteiger partial charge on any atom is 0.217 e. The second-order valence-corrected chi connectivity index (χ2v) is 6.05. The number of primary amides is 1. The van der Waals surface area contributed by atoms with Crippen molar-refractivity contribution in [2.45, 2.75) is 32.7 Å². The third kappa shape index (κ3) is 4.36. The van der Waals surface area contributed by atoms with Crippen LogP contribution in [0.5, 0.6) is 11.5 Å². The lowest BCUT2D eigenvalue weighted by Crippen LogP contribution is -2.19. The second kappa shape index (κ2) is 6.80. The fourth-order valence-electron chi connectivity index (χ4n) is 2.50. The highest BCUT2D eigenvalue weighted by molar-refractivity contribution is 5.73. The van der Waals surface area contributed by atoms with Gasteiger partial charge in [0.25, 0.3) is 0 Å². The smallest absolute Gasteiger partial charge is 0.217 e. The van der Waals surface area contributed by atoms with Crippen LogP contribution in [0, 0.1) is 11.8 Å². The van der Waals surface area contributed by atoms with Crippen molar-refractivity contribution in [2.75, 3.05) is 13.2 Å². The van der Waals surface area contributed by atoms with E-state index < -0.39 is 0 Å². The van der Waals surface area contributed by atoms with E-state index in [4.69, 9.17) is 20.9 Å². The molecule has 3 unspecified atom stereocenters. The summed E-state index contributed by atoms with van der Waals surface area (Å²) in [6.07, 6.45) is 1.06. The van der Waals surface area contributed by atoms with E-state index in [0.29, 0.717) is 32.0 Å². The summed E-state index contributed by atoms with van der Waals surface area (Å²) < 4.78 is 11.5. The molecule has 0 aliphatic carbocycles. The first-order valence-electron chi connectivity index (χ1n) is 7.39. The molecule has 0 saturated heterocycles. The minimum absolute atomic E-state index is 0.145. The molecule has 0 saturated carbocycles. The van der Waals surface area contributed by atoms with Gasteiger partial charge in [0.15, 0.2) is 11.5 Å². The lowest BCUT2D eigenvalue weighted by atomic mass is 9.94. The molecule has 1 aliphatic heterocycles. The van der Waals surface area contributed by atoms with E-state index in [1.807, 2.05) is 25.1 Å². The van der Waals surface area contributed by atoms with E-state index >= 15 is 0 Å². The van der Waals surface area contributed by atoms with Gasteiger partial charge in [0, 0.05) is 18.4 Å². The van der Waals surface area contributed by atoms with Crippen LogP contribution in [-0.2, 0) is 4.79 Å². The van der Waals surface area contributed by atoms with Crippen LogP contribution in [0.1, 0.15) is 38.3 Å².